The quantitative estimate of drug-likeness (QED) is 0.298. The first-order valence-electron chi connectivity index (χ1n) is 13.0. The lowest BCUT2D eigenvalue weighted by atomic mass is 9.88. The van der Waals surface area contributed by atoms with E-state index in [2.05, 4.69) is 20.1 Å². The van der Waals surface area contributed by atoms with Gasteiger partial charge < -0.3 is 15.3 Å². The van der Waals surface area contributed by atoms with E-state index in [4.69, 9.17) is 16.6 Å². The van der Waals surface area contributed by atoms with Crippen LogP contribution in [0.5, 0.6) is 0 Å². The summed E-state index contributed by atoms with van der Waals surface area (Å²) in [5.74, 6) is -0.722. The second-order valence-electron chi connectivity index (χ2n) is 10.3. The van der Waals surface area contributed by atoms with Gasteiger partial charge in [-0.15, -0.1) is 0 Å². The van der Waals surface area contributed by atoms with Crippen molar-refractivity contribution in [3.63, 3.8) is 0 Å². The fraction of sp³-hybridized carbons (Fsp3) is 0.393. The highest BCUT2D eigenvalue weighted by molar-refractivity contribution is 6.32. The normalized spacial score (nSPS) is 17.7. The van der Waals surface area contributed by atoms with Gasteiger partial charge in [-0.05, 0) is 81.4 Å². The van der Waals surface area contributed by atoms with Crippen molar-refractivity contribution in [3.05, 3.63) is 76.2 Å². The molecule has 6 rings (SSSR count). The van der Waals surface area contributed by atoms with Crippen LogP contribution in [0.2, 0.25) is 5.02 Å². The standard InChI is InChI=1S/C28H29ClF2N6O/c1-16-25(14-33-37(16)19-5-6-19)35-28-32-13-18-11-21(29)20(12-24(18)34-28)17-7-9-36(10-8-17)15-26(38)27-22(30)3-2-4-23(27)31/h2-4,11-14,17,19,26,38H,5-10,15H2,1H3,(H,32,34,35)/t26-/m0/s1. The molecule has 1 saturated heterocycles. The third kappa shape index (κ3) is 4.98. The molecule has 1 aliphatic carbocycles. The van der Waals surface area contributed by atoms with Crippen molar-refractivity contribution in [3.8, 4) is 0 Å². The van der Waals surface area contributed by atoms with Crippen molar-refractivity contribution >= 4 is 34.1 Å². The fourth-order valence-corrected chi connectivity index (χ4v) is 5.71. The second-order valence-corrected chi connectivity index (χ2v) is 10.7. The molecule has 2 aliphatic rings. The first-order valence-corrected chi connectivity index (χ1v) is 13.4. The van der Waals surface area contributed by atoms with Crippen LogP contribution in [-0.4, -0.2) is 49.4 Å². The molecule has 0 amide bonds. The van der Waals surface area contributed by atoms with Crippen molar-refractivity contribution in [2.24, 2.45) is 0 Å². The summed E-state index contributed by atoms with van der Waals surface area (Å²) in [6, 6.07) is 8.08. The minimum absolute atomic E-state index is 0.176. The number of hydrogen-bond donors (Lipinski definition) is 2. The van der Waals surface area contributed by atoms with E-state index in [9.17, 15) is 13.9 Å². The third-order valence-electron chi connectivity index (χ3n) is 7.67. The predicted molar refractivity (Wildman–Crippen MR) is 143 cm³/mol. The van der Waals surface area contributed by atoms with Crippen LogP contribution in [0.3, 0.4) is 0 Å². The molecule has 198 valence electrons. The fourth-order valence-electron chi connectivity index (χ4n) is 5.39. The number of fused-ring (bicyclic) bond motifs is 1. The maximum atomic E-state index is 14.1. The minimum Gasteiger partial charge on any atom is -0.387 e. The van der Waals surface area contributed by atoms with E-state index >= 15 is 0 Å². The van der Waals surface area contributed by atoms with Crippen molar-refractivity contribution in [2.45, 2.75) is 50.7 Å². The van der Waals surface area contributed by atoms with Crippen LogP contribution >= 0.6 is 11.6 Å². The van der Waals surface area contributed by atoms with Gasteiger partial charge in [-0.2, -0.15) is 5.10 Å². The molecule has 2 fully saturated rings. The lowest BCUT2D eigenvalue weighted by Gasteiger charge is -2.33. The maximum absolute atomic E-state index is 14.1. The van der Waals surface area contributed by atoms with Crippen LogP contribution in [0.4, 0.5) is 20.4 Å². The van der Waals surface area contributed by atoms with Crippen LogP contribution in [-0.2, 0) is 0 Å². The van der Waals surface area contributed by atoms with Gasteiger partial charge in [0.1, 0.15) is 11.6 Å². The summed E-state index contributed by atoms with van der Waals surface area (Å²) < 4.78 is 30.2. The molecule has 0 spiro atoms. The molecule has 0 bridgehead atoms. The molecule has 2 N–H and O–H groups in total. The lowest BCUT2D eigenvalue weighted by molar-refractivity contribution is 0.0920. The number of piperidine rings is 1. The molecule has 1 saturated carbocycles. The number of nitrogens with zero attached hydrogens (tertiary/aromatic N) is 5. The first kappa shape index (κ1) is 25.2. The summed E-state index contributed by atoms with van der Waals surface area (Å²) in [7, 11) is 0. The van der Waals surface area contributed by atoms with E-state index in [1.807, 2.05) is 30.2 Å². The number of likely N-dealkylation sites (tertiary alicyclic amines) is 1. The highest BCUT2D eigenvalue weighted by Crippen LogP contribution is 2.38. The van der Waals surface area contributed by atoms with Gasteiger partial charge in [0, 0.05) is 23.2 Å². The molecule has 10 heteroatoms. The highest BCUT2D eigenvalue weighted by Gasteiger charge is 2.28. The molecule has 0 radical (unpaired) electrons. The summed E-state index contributed by atoms with van der Waals surface area (Å²) >= 11 is 6.68. The first-order chi connectivity index (χ1) is 18.4. The minimum atomic E-state index is -1.22. The van der Waals surface area contributed by atoms with Gasteiger partial charge in [0.25, 0.3) is 0 Å². The Kier molecular flexibility index (Phi) is 6.75. The number of nitrogens with one attached hydrogen (secondary N) is 1. The van der Waals surface area contributed by atoms with E-state index in [0.717, 1.165) is 40.7 Å². The molecule has 4 aromatic rings. The van der Waals surface area contributed by atoms with Crippen LogP contribution in [0.1, 0.15) is 60.6 Å². The Balaban J connectivity index is 1.14. The third-order valence-corrected chi connectivity index (χ3v) is 8.00. The Morgan fingerprint density at radius 2 is 1.84 bits per heavy atom. The van der Waals surface area contributed by atoms with E-state index in [1.54, 1.807) is 6.20 Å². The zero-order valence-electron chi connectivity index (χ0n) is 21.0. The van der Waals surface area contributed by atoms with E-state index in [1.165, 1.54) is 31.0 Å². The highest BCUT2D eigenvalue weighted by atomic mass is 35.5. The summed E-state index contributed by atoms with van der Waals surface area (Å²) in [6.45, 7) is 3.60. The Morgan fingerprint density at radius 1 is 1.11 bits per heavy atom. The van der Waals surface area contributed by atoms with Crippen LogP contribution < -0.4 is 5.32 Å². The molecular formula is C28H29ClF2N6O. The molecule has 38 heavy (non-hydrogen) atoms. The predicted octanol–water partition coefficient (Wildman–Crippen LogP) is 6.06. The van der Waals surface area contributed by atoms with Crippen LogP contribution in [0, 0.1) is 18.6 Å². The number of β-amino-alcohol motifs (C(OH)–C–C–N with tert-alkyl or cyclic N) is 1. The van der Waals surface area contributed by atoms with Crippen molar-refractivity contribution < 1.29 is 13.9 Å². The van der Waals surface area contributed by atoms with E-state index in [0.29, 0.717) is 30.1 Å². The monoisotopic (exact) mass is 538 g/mol. The molecule has 0 unspecified atom stereocenters. The Bertz CT molecular complexity index is 1460. The second kappa shape index (κ2) is 10.2. The average molecular weight is 539 g/mol. The van der Waals surface area contributed by atoms with Crippen LogP contribution in [0.15, 0.2) is 42.7 Å². The van der Waals surface area contributed by atoms with Crippen molar-refractivity contribution in [2.75, 3.05) is 25.0 Å². The zero-order chi connectivity index (χ0) is 26.4. The van der Waals surface area contributed by atoms with Crippen LogP contribution in [0.25, 0.3) is 10.9 Å². The SMILES string of the molecule is Cc1c(Nc2ncc3cc(Cl)c(C4CCN(C[C@H](O)c5c(F)cccc5F)CC4)cc3n2)cnn1C1CC1. The Hall–Kier alpha value is -3.14. The van der Waals surface area contributed by atoms with Crippen molar-refractivity contribution in [1.82, 2.24) is 24.6 Å². The average Bonchev–Trinajstić information content (AvgIpc) is 3.67. The number of aliphatic hydroxyl groups excluding tert-OH is 1. The number of aromatic nitrogens is 4. The van der Waals surface area contributed by atoms with Crippen molar-refractivity contribution in [1.29, 1.82) is 0 Å². The summed E-state index contributed by atoms with van der Waals surface area (Å²) in [4.78, 5) is 11.3. The maximum Gasteiger partial charge on any atom is 0.227 e. The molecule has 2 aromatic carbocycles. The Labute approximate surface area is 224 Å². The van der Waals surface area contributed by atoms with Gasteiger partial charge >= 0.3 is 0 Å². The number of aliphatic hydroxyl groups is 1. The van der Waals surface area contributed by atoms with Gasteiger partial charge in [0.15, 0.2) is 0 Å². The number of benzene rings is 2. The van der Waals surface area contributed by atoms with Gasteiger partial charge in [-0.25, -0.2) is 18.7 Å². The molecule has 3 heterocycles. The summed E-state index contributed by atoms with van der Waals surface area (Å²) in [5, 5.41) is 19.8. The van der Waals surface area contributed by atoms with E-state index < -0.39 is 17.7 Å². The van der Waals surface area contributed by atoms with Gasteiger partial charge in [0.2, 0.25) is 5.95 Å². The molecule has 2 aromatic heterocycles. The van der Waals surface area contributed by atoms with E-state index in [-0.39, 0.29) is 18.0 Å². The topological polar surface area (TPSA) is 79.1 Å². The smallest absolute Gasteiger partial charge is 0.227 e. The molecule has 1 aliphatic heterocycles. The Morgan fingerprint density at radius 3 is 2.55 bits per heavy atom. The summed E-state index contributed by atoms with van der Waals surface area (Å²) in [6.07, 6.45) is 6.33. The molecular weight excluding hydrogens is 510 g/mol. The number of hydrogen-bond acceptors (Lipinski definition) is 6. The largest absolute Gasteiger partial charge is 0.387 e. The summed E-state index contributed by atoms with van der Waals surface area (Å²) in [5.41, 5.74) is 3.54. The number of anilines is 2. The van der Waals surface area contributed by atoms with Gasteiger partial charge in [-0.3, -0.25) is 4.68 Å². The molecule has 1 atom stereocenters. The van der Waals surface area contributed by atoms with Gasteiger partial charge in [0.05, 0.1) is 40.8 Å². The molecule has 7 nitrogen and oxygen atoms in total. The zero-order valence-corrected chi connectivity index (χ0v) is 21.8. The number of halogens is 3. The number of rotatable bonds is 7. The van der Waals surface area contributed by atoms with Gasteiger partial charge in [-0.1, -0.05) is 17.7 Å². The lowest BCUT2D eigenvalue weighted by Crippen LogP contribution is -2.36.